The number of halogens is 1. The summed E-state index contributed by atoms with van der Waals surface area (Å²) in [5.41, 5.74) is 2.67. The molecule has 0 bridgehead atoms. The summed E-state index contributed by atoms with van der Waals surface area (Å²) in [5, 5.41) is 5.94. The van der Waals surface area contributed by atoms with Crippen molar-refractivity contribution >= 4 is 34.3 Å². The summed E-state index contributed by atoms with van der Waals surface area (Å²) in [7, 11) is 0. The van der Waals surface area contributed by atoms with Gasteiger partial charge >= 0.3 is 0 Å². The fourth-order valence-corrected chi connectivity index (χ4v) is 3.71. The Morgan fingerprint density at radius 3 is 2.62 bits per heavy atom. The van der Waals surface area contributed by atoms with Crippen molar-refractivity contribution in [2.75, 3.05) is 17.2 Å². The second-order valence-electron chi connectivity index (χ2n) is 7.50. The molecule has 4 aromatic rings. The molecule has 32 heavy (non-hydrogen) atoms. The second-order valence-corrected chi connectivity index (χ2v) is 7.50. The summed E-state index contributed by atoms with van der Waals surface area (Å²) in [6.07, 6.45) is 6.28. The maximum absolute atomic E-state index is 13.8. The molecule has 9 heteroatoms. The van der Waals surface area contributed by atoms with Gasteiger partial charge in [-0.05, 0) is 55.7 Å². The summed E-state index contributed by atoms with van der Waals surface area (Å²) in [5.74, 6) is -0.487. The van der Waals surface area contributed by atoms with Gasteiger partial charge in [0.15, 0.2) is 17.0 Å². The van der Waals surface area contributed by atoms with Gasteiger partial charge in [-0.2, -0.15) is 0 Å². The van der Waals surface area contributed by atoms with Crippen molar-refractivity contribution in [2.45, 2.75) is 25.5 Å². The number of anilines is 3. The number of aromatic nitrogens is 4. The number of carbonyl (C=O) groups is 1. The number of ether oxygens (including phenoxy) is 1. The van der Waals surface area contributed by atoms with E-state index in [0.717, 1.165) is 31.6 Å². The van der Waals surface area contributed by atoms with E-state index in [4.69, 9.17) is 4.74 Å². The van der Waals surface area contributed by atoms with Gasteiger partial charge in [0.1, 0.15) is 18.4 Å². The number of amides is 1. The molecule has 8 nitrogen and oxygen atoms in total. The highest BCUT2D eigenvalue weighted by atomic mass is 19.1. The lowest BCUT2D eigenvalue weighted by molar-refractivity contribution is -0.0298. The SMILES string of the molecule is O=C(Nc1ccc(Nc2ncnc3c2ncn3C2CCCCO2)cc1)c1ccccc1F. The Kier molecular flexibility index (Phi) is 5.47. The van der Waals surface area contributed by atoms with Crippen LogP contribution >= 0.6 is 0 Å². The van der Waals surface area contributed by atoms with Crippen molar-refractivity contribution in [1.29, 1.82) is 0 Å². The van der Waals surface area contributed by atoms with E-state index in [1.54, 1.807) is 42.7 Å². The van der Waals surface area contributed by atoms with E-state index >= 15 is 0 Å². The highest BCUT2D eigenvalue weighted by Gasteiger charge is 2.20. The van der Waals surface area contributed by atoms with Gasteiger partial charge in [0.05, 0.1) is 11.9 Å². The van der Waals surface area contributed by atoms with Crippen molar-refractivity contribution in [3.63, 3.8) is 0 Å². The third kappa shape index (κ3) is 4.02. The smallest absolute Gasteiger partial charge is 0.258 e. The van der Waals surface area contributed by atoms with Crippen LogP contribution in [0.25, 0.3) is 11.2 Å². The molecule has 1 amide bonds. The zero-order chi connectivity index (χ0) is 21.9. The lowest BCUT2D eigenvalue weighted by atomic mass is 10.2. The van der Waals surface area contributed by atoms with Gasteiger partial charge < -0.3 is 15.4 Å². The van der Waals surface area contributed by atoms with Crippen molar-refractivity contribution in [3.8, 4) is 0 Å². The predicted molar refractivity (Wildman–Crippen MR) is 118 cm³/mol. The third-order valence-electron chi connectivity index (χ3n) is 5.35. The van der Waals surface area contributed by atoms with Crippen LogP contribution in [0.2, 0.25) is 0 Å². The number of nitrogens with zero attached hydrogens (tertiary/aromatic N) is 4. The monoisotopic (exact) mass is 432 g/mol. The quantitative estimate of drug-likeness (QED) is 0.476. The number of fused-ring (bicyclic) bond motifs is 1. The minimum Gasteiger partial charge on any atom is -0.358 e. The summed E-state index contributed by atoms with van der Waals surface area (Å²) in [6.45, 7) is 0.736. The number of nitrogens with one attached hydrogen (secondary N) is 2. The largest absolute Gasteiger partial charge is 0.358 e. The van der Waals surface area contributed by atoms with Crippen LogP contribution in [0.1, 0.15) is 35.8 Å². The van der Waals surface area contributed by atoms with Crippen LogP contribution in [0, 0.1) is 5.82 Å². The summed E-state index contributed by atoms with van der Waals surface area (Å²) >= 11 is 0. The second kappa shape index (κ2) is 8.72. The fraction of sp³-hybridized carbons (Fsp3) is 0.217. The molecule has 1 saturated heterocycles. The number of carbonyl (C=O) groups excluding carboxylic acids is 1. The standard InChI is InChI=1S/C23H21FN6O2/c24-18-6-2-1-5-17(18)23(31)29-16-10-8-15(9-11-16)28-21-20-22(26-13-25-21)30(14-27-20)19-7-3-4-12-32-19/h1-2,5-6,8-11,13-14,19H,3-4,7,12H2,(H,29,31)(H,25,26,28). The zero-order valence-corrected chi connectivity index (χ0v) is 17.2. The molecule has 5 rings (SSSR count). The number of benzene rings is 2. The van der Waals surface area contributed by atoms with Crippen molar-refractivity contribution < 1.29 is 13.9 Å². The first-order chi connectivity index (χ1) is 15.7. The number of hydrogen-bond acceptors (Lipinski definition) is 6. The highest BCUT2D eigenvalue weighted by molar-refractivity contribution is 6.04. The molecule has 0 spiro atoms. The summed E-state index contributed by atoms with van der Waals surface area (Å²) < 4.78 is 21.6. The molecule has 1 aliphatic heterocycles. The van der Waals surface area contributed by atoms with Gasteiger partial charge in [-0.1, -0.05) is 12.1 Å². The Morgan fingerprint density at radius 1 is 1.03 bits per heavy atom. The highest BCUT2D eigenvalue weighted by Crippen LogP contribution is 2.28. The van der Waals surface area contributed by atoms with Crippen molar-refractivity contribution in [2.24, 2.45) is 0 Å². The zero-order valence-electron chi connectivity index (χ0n) is 17.2. The fourth-order valence-electron chi connectivity index (χ4n) is 3.71. The van der Waals surface area contributed by atoms with Crippen LogP contribution in [-0.4, -0.2) is 32.0 Å². The van der Waals surface area contributed by atoms with Crippen LogP contribution in [-0.2, 0) is 4.74 Å². The summed E-state index contributed by atoms with van der Waals surface area (Å²) in [6, 6.07) is 12.9. The Labute approximate surface area is 183 Å². The maximum Gasteiger partial charge on any atom is 0.258 e. The lowest BCUT2D eigenvalue weighted by Gasteiger charge is -2.23. The van der Waals surface area contributed by atoms with E-state index in [2.05, 4.69) is 25.6 Å². The van der Waals surface area contributed by atoms with E-state index in [9.17, 15) is 9.18 Å². The van der Waals surface area contributed by atoms with E-state index in [0.29, 0.717) is 22.7 Å². The van der Waals surface area contributed by atoms with E-state index in [1.165, 1.54) is 18.5 Å². The molecular weight excluding hydrogens is 411 g/mol. The average molecular weight is 432 g/mol. The number of rotatable bonds is 5. The third-order valence-corrected chi connectivity index (χ3v) is 5.35. The minimum absolute atomic E-state index is 0.00406. The van der Waals surface area contributed by atoms with Crippen LogP contribution in [0.3, 0.4) is 0 Å². The first kappa shape index (κ1) is 20.1. The molecule has 0 saturated carbocycles. The summed E-state index contributed by atoms with van der Waals surface area (Å²) in [4.78, 5) is 25.5. The molecular formula is C23H21FN6O2. The van der Waals surface area contributed by atoms with Gasteiger partial charge in [-0.15, -0.1) is 0 Å². The lowest BCUT2D eigenvalue weighted by Crippen LogP contribution is -2.17. The van der Waals surface area contributed by atoms with Crippen LogP contribution in [0.15, 0.2) is 61.2 Å². The van der Waals surface area contributed by atoms with Gasteiger partial charge in [-0.3, -0.25) is 9.36 Å². The normalized spacial score (nSPS) is 16.1. The molecule has 162 valence electrons. The van der Waals surface area contributed by atoms with E-state index < -0.39 is 11.7 Å². The van der Waals surface area contributed by atoms with E-state index in [-0.39, 0.29) is 11.8 Å². The first-order valence-electron chi connectivity index (χ1n) is 10.4. The van der Waals surface area contributed by atoms with Crippen LogP contribution in [0.4, 0.5) is 21.6 Å². The van der Waals surface area contributed by atoms with Crippen molar-refractivity contribution in [3.05, 3.63) is 72.6 Å². The predicted octanol–water partition coefficient (Wildman–Crippen LogP) is 4.66. The molecule has 1 aliphatic rings. The molecule has 3 heterocycles. The Bertz CT molecular complexity index is 1250. The molecule has 2 N–H and O–H groups in total. The Hall–Kier alpha value is -3.85. The Balaban J connectivity index is 1.32. The van der Waals surface area contributed by atoms with E-state index in [1.807, 2.05) is 4.57 Å². The van der Waals surface area contributed by atoms with Gasteiger partial charge in [0, 0.05) is 18.0 Å². The molecule has 1 unspecified atom stereocenters. The van der Waals surface area contributed by atoms with Gasteiger partial charge in [-0.25, -0.2) is 19.3 Å². The minimum atomic E-state index is -0.561. The molecule has 0 aliphatic carbocycles. The average Bonchev–Trinajstić information content (AvgIpc) is 3.26. The topological polar surface area (TPSA) is 94.0 Å². The van der Waals surface area contributed by atoms with Gasteiger partial charge in [0.25, 0.3) is 5.91 Å². The Morgan fingerprint density at radius 2 is 1.84 bits per heavy atom. The molecule has 1 fully saturated rings. The van der Waals surface area contributed by atoms with Crippen LogP contribution < -0.4 is 10.6 Å². The number of hydrogen-bond donors (Lipinski definition) is 2. The molecule has 0 radical (unpaired) electrons. The maximum atomic E-state index is 13.8. The molecule has 2 aromatic heterocycles. The van der Waals surface area contributed by atoms with Crippen molar-refractivity contribution in [1.82, 2.24) is 19.5 Å². The first-order valence-corrected chi connectivity index (χ1v) is 10.4. The molecule has 1 atom stereocenters. The van der Waals surface area contributed by atoms with Crippen LogP contribution in [0.5, 0.6) is 0 Å². The van der Waals surface area contributed by atoms with Gasteiger partial charge in [0.2, 0.25) is 0 Å². The molecule has 2 aromatic carbocycles. The number of imidazole rings is 1.